The summed E-state index contributed by atoms with van der Waals surface area (Å²) in [6.07, 6.45) is 0. The molecule has 0 saturated carbocycles. The first-order valence-electron chi connectivity index (χ1n) is 6.90. The van der Waals surface area contributed by atoms with Crippen LogP contribution >= 0.6 is 0 Å². The zero-order chi connectivity index (χ0) is 16.8. The number of carbonyl (C=O) groups is 1. The van der Waals surface area contributed by atoms with Gasteiger partial charge in [-0.2, -0.15) is 5.26 Å². The lowest BCUT2D eigenvalue weighted by molar-refractivity contribution is 0.0698. The van der Waals surface area contributed by atoms with Crippen LogP contribution in [0, 0.1) is 23.0 Å². The topological polar surface area (TPSA) is 64.3 Å². The zero-order valence-corrected chi connectivity index (χ0v) is 12.2. The van der Waals surface area contributed by atoms with Crippen LogP contribution in [0.1, 0.15) is 21.5 Å². The van der Waals surface area contributed by atoms with Crippen LogP contribution in [0.4, 0.5) is 8.78 Å². The lowest BCUT2D eigenvalue weighted by atomic mass is 10.1. The molecule has 23 heavy (non-hydrogen) atoms. The average molecular weight is 316 g/mol. The maximum atomic E-state index is 14.0. The molecule has 0 aliphatic carbocycles. The minimum absolute atomic E-state index is 0.0629. The number of carbonyl (C=O) groups excluding carboxylic acids is 1. The Hall–Kier alpha value is -2.78. The van der Waals surface area contributed by atoms with Gasteiger partial charge >= 0.3 is 0 Å². The van der Waals surface area contributed by atoms with E-state index in [0.29, 0.717) is 0 Å². The SMILES string of the molecule is N#Cc1cc(F)c(C(=O)N(CCO)Cc2ccccc2)c(F)c1. The van der Waals surface area contributed by atoms with E-state index in [9.17, 15) is 13.6 Å². The fraction of sp³-hybridized carbons (Fsp3) is 0.176. The van der Waals surface area contributed by atoms with E-state index in [-0.39, 0.29) is 25.3 Å². The Bertz CT molecular complexity index is 719. The quantitative estimate of drug-likeness (QED) is 0.921. The summed E-state index contributed by atoms with van der Waals surface area (Å²) in [4.78, 5) is 13.6. The van der Waals surface area contributed by atoms with Gasteiger partial charge in [-0.3, -0.25) is 4.79 Å². The van der Waals surface area contributed by atoms with Crippen LogP contribution in [0.25, 0.3) is 0 Å². The fourth-order valence-electron chi connectivity index (χ4n) is 2.18. The van der Waals surface area contributed by atoms with Crippen LogP contribution in [0.2, 0.25) is 0 Å². The van der Waals surface area contributed by atoms with E-state index < -0.39 is 23.1 Å². The van der Waals surface area contributed by atoms with Gasteiger partial charge in [0.2, 0.25) is 0 Å². The summed E-state index contributed by atoms with van der Waals surface area (Å²) in [6.45, 7) is -0.288. The van der Waals surface area contributed by atoms with Crippen molar-refractivity contribution < 1.29 is 18.7 Å². The van der Waals surface area contributed by atoms with Crippen LogP contribution in [0.3, 0.4) is 0 Å². The molecule has 0 aromatic heterocycles. The molecular formula is C17H14F2N2O2. The van der Waals surface area contributed by atoms with Crippen LogP contribution in [0.5, 0.6) is 0 Å². The lowest BCUT2D eigenvalue weighted by Gasteiger charge is -2.22. The van der Waals surface area contributed by atoms with Gasteiger partial charge in [-0.25, -0.2) is 8.78 Å². The summed E-state index contributed by atoms with van der Waals surface area (Å²) in [7, 11) is 0. The summed E-state index contributed by atoms with van der Waals surface area (Å²) in [5.41, 5.74) is -0.162. The average Bonchev–Trinajstić information content (AvgIpc) is 2.54. The minimum atomic E-state index is -1.09. The predicted molar refractivity (Wildman–Crippen MR) is 79.3 cm³/mol. The summed E-state index contributed by atoms with van der Waals surface area (Å²) in [6, 6.07) is 12.2. The van der Waals surface area contributed by atoms with E-state index in [1.54, 1.807) is 30.3 Å². The molecule has 2 aromatic rings. The molecule has 0 aliphatic rings. The number of hydrogen-bond donors (Lipinski definition) is 1. The van der Waals surface area contributed by atoms with E-state index in [4.69, 9.17) is 10.4 Å². The fourth-order valence-corrected chi connectivity index (χ4v) is 2.18. The molecule has 4 nitrogen and oxygen atoms in total. The molecule has 0 fully saturated rings. The summed E-state index contributed by atoms with van der Waals surface area (Å²) in [5, 5.41) is 17.8. The normalized spacial score (nSPS) is 10.2. The van der Waals surface area contributed by atoms with Gasteiger partial charge in [-0.15, -0.1) is 0 Å². The molecule has 1 N–H and O–H groups in total. The second-order valence-corrected chi connectivity index (χ2v) is 4.86. The molecule has 1 amide bonds. The van der Waals surface area contributed by atoms with Crippen molar-refractivity contribution in [2.75, 3.05) is 13.2 Å². The summed E-state index contributed by atoms with van der Waals surface area (Å²) in [5.74, 6) is -3.06. The first-order chi connectivity index (χ1) is 11.1. The maximum Gasteiger partial charge on any atom is 0.260 e. The summed E-state index contributed by atoms with van der Waals surface area (Å²) >= 11 is 0. The standard InChI is InChI=1S/C17H14F2N2O2/c18-14-8-13(10-20)9-15(19)16(14)17(23)21(6-7-22)11-12-4-2-1-3-5-12/h1-5,8-9,22H,6-7,11H2. The van der Waals surface area contributed by atoms with Crippen LogP contribution < -0.4 is 0 Å². The summed E-state index contributed by atoms with van der Waals surface area (Å²) < 4.78 is 28.0. The number of nitriles is 1. The van der Waals surface area contributed by atoms with Gasteiger partial charge in [0.15, 0.2) is 0 Å². The van der Waals surface area contributed by atoms with Crippen molar-refractivity contribution in [2.24, 2.45) is 0 Å². The predicted octanol–water partition coefficient (Wildman–Crippen LogP) is 2.47. The van der Waals surface area contributed by atoms with Gasteiger partial charge < -0.3 is 10.0 Å². The Labute approximate surface area is 132 Å². The van der Waals surface area contributed by atoms with Crippen molar-refractivity contribution in [3.05, 3.63) is 70.8 Å². The molecule has 2 rings (SSSR count). The number of amides is 1. The molecule has 0 spiro atoms. The first-order valence-corrected chi connectivity index (χ1v) is 6.90. The number of halogens is 2. The Morgan fingerprint density at radius 1 is 1.17 bits per heavy atom. The van der Waals surface area contributed by atoms with Crippen molar-refractivity contribution in [1.82, 2.24) is 4.90 Å². The smallest absolute Gasteiger partial charge is 0.260 e. The third-order valence-electron chi connectivity index (χ3n) is 3.26. The molecule has 0 atom stereocenters. The monoisotopic (exact) mass is 316 g/mol. The van der Waals surface area contributed by atoms with Crippen molar-refractivity contribution in [2.45, 2.75) is 6.54 Å². The Morgan fingerprint density at radius 3 is 2.30 bits per heavy atom. The molecule has 0 radical (unpaired) electrons. The van der Waals surface area contributed by atoms with Gasteiger partial charge in [-0.1, -0.05) is 30.3 Å². The lowest BCUT2D eigenvalue weighted by Crippen LogP contribution is -2.34. The highest BCUT2D eigenvalue weighted by Crippen LogP contribution is 2.18. The number of nitrogens with zero attached hydrogens (tertiary/aromatic N) is 2. The Kier molecular flexibility index (Phi) is 5.39. The number of aliphatic hydroxyl groups is 1. The number of hydrogen-bond acceptors (Lipinski definition) is 3. The maximum absolute atomic E-state index is 14.0. The van der Waals surface area contributed by atoms with E-state index in [1.807, 2.05) is 6.07 Å². The molecule has 0 saturated heterocycles. The van der Waals surface area contributed by atoms with Crippen LogP contribution in [-0.2, 0) is 6.54 Å². The molecule has 2 aromatic carbocycles. The van der Waals surface area contributed by atoms with Gasteiger partial charge in [0, 0.05) is 13.1 Å². The Morgan fingerprint density at radius 2 is 1.78 bits per heavy atom. The van der Waals surface area contributed by atoms with Crippen LogP contribution in [0.15, 0.2) is 42.5 Å². The molecule has 118 valence electrons. The van der Waals surface area contributed by atoms with Crippen molar-refractivity contribution >= 4 is 5.91 Å². The third-order valence-corrected chi connectivity index (χ3v) is 3.26. The molecular weight excluding hydrogens is 302 g/mol. The van der Waals surface area contributed by atoms with Gasteiger partial charge in [0.1, 0.15) is 17.2 Å². The molecule has 6 heteroatoms. The van der Waals surface area contributed by atoms with Gasteiger partial charge in [0.05, 0.1) is 18.2 Å². The van der Waals surface area contributed by atoms with E-state index in [1.165, 1.54) is 0 Å². The van der Waals surface area contributed by atoms with Crippen molar-refractivity contribution in [1.29, 1.82) is 5.26 Å². The zero-order valence-electron chi connectivity index (χ0n) is 12.2. The van der Waals surface area contributed by atoms with Crippen molar-refractivity contribution in [3.63, 3.8) is 0 Å². The number of benzene rings is 2. The molecule has 0 bridgehead atoms. The molecule has 0 aliphatic heterocycles. The second-order valence-electron chi connectivity index (χ2n) is 4.86. The van der Waals surface area contributed by atoms with E-state index >= 15 is 0 Å². The number of aliphatic hydroxyl groups excluding tert-OH is 1. The first kappa shape index (κ1) is 16.6. The van der Waals surface area contributed by atoms with E-state index in [0.717, 1.165) is 22.6 Å². The third kappa shape index (κ3) is 3.90. The molecule has 0 heterocycles. The minimum Gasteiger partial charge on any atom is -0.395 e. The highest BCUT2D eigenvalue weighted by atomic mass is 19.1. The van der Waals surface area contributed by atoms with Crippen molar-refractivity contribution in [3.8, 4) is 6.07 Å². The van der Waals surface area contributed by atoms with Gasteiger partial charge in [-0.05, 0) is 17.7 Å². The van der Waals surface area contributed by atoms with E-state index in [2.05, 4.69) is 0 Å². The van der Waals surface area contributed by atoms with Gasteiger partial charge in [0.25, 0.3) is 5.91 Å². The highest BCUT2D eigenvalue weighted by Gasteiger charge is 2.24. The second kappa shape index (κ2) is 7.47. The largest absolute Gasteiger partial charge is 0.395 e. The molecule has 0 unspecified atom stereocenters. The highest BCUT2D eigenvalue weighted by molar-refractivity contribution is 5.95. The van der Waals surface area contributed by atoms with Crippen LogP contribution in [-0.4, -0.2) is 29.1 Å². The Balaban J connectivity index is 2.33. The number of rotatable bonds is 5.